The Bertz CT molecular complexity index is 689. The SMILES string of the molecule is CC(C)n1c(C2C3CCC(C3)C2N)nc2cc(Br)ccc21. The molecule has 2 aliphatic carbocycles. The van der Waals surface area contributed by atoms with Crippen molar-refractivity contribution in [2.75, 3.05) is 0 Å². The molecular formula is C17H22BrN3. The standard InChI is InChI=1S/C17H22BrN3/c1-9(2)21-14-6-5-12(18)8-13(14)20-17(21)15-10-3-4-11(7-10)16(15)19/h5-6,8-11,15-16H,3-4,7,19H2,1-2H3. The minimum atomic E-state index is 0.293. The largest absolute Gasteiger partial charge is 0.327 e. The van der Waals surface area contributed by atoms with Crippen molar-refractivity contribution in [2.24, 2.45) is 17.6 Å². The van der Waals surface area contributed by atoms with Gasteiger partial charge in [0, 0.05) is 22.5 Å². The van der Waals surface area contributed by atoms with E-state index in [0.29, 0.717) is 23.9 Å². The molecule has 4 atom stereocenters. The second-order valence-corrected chi connectivity index (χ2v) is 7.92. The van der Waals surface area contributed by atoms with Crippen LogP contribution < -0.4 is 5.73 Å². The van der Waals surface area contributed by atoms with Gasteiger partial charge in [-0.25, -0.2) is 4.98 Å². The van der Waals surface area contributed by atoms with Gasteiger partial charge in [0.25, 0.3) is 0 Å². The average molecular weight is 348 g/mol. The number of hydrogen-bond donors (Lipinski definition) is 1. The molecule has 0 saturated heterocycles. The lowest BCUT2D eigenvalue weighted by atomic mass is 9.84. The molecule has 3 nitrogen and oxygen atoms in total. The van der Waals surface area contributed by atoms with E-state index in [-0.39, 0.29) is 0 Å². The fraction of sp³-hybridized carbons (Fsp3) is 0.588. The second kappa shape index (κ2) is 4.82. The van der Waals surface area contributed by atoms with Crippen molar-refractivity contribution in [1.29, 1.82) is 0 Å². The monoisotopic (exact) mass is 347 g/mol. The number of hydrogen-bond acceptors (Lipinski definition) is 2. The summed E-state index contributed by atoms with van der Waals surface area (Å²) in [5, 5.41) is 0. The van der Waals surface area contributed by atoms with E-state index in [9.17, 15) is 0 Å². The maximum Gasteiger partial charge on any atom is 0.115 e. The zero-order valence-electron chi connectivity index (χ0n) is 12.6. The van der Waals surface area contributed by atoms with E-state index < -0.39 is 0 Å². The van der Waals surface area contributed by atoms with Crippen LogP contribution in [0.15, 0.2) is 22.7 Å². The lowest BCUT2D eigenvalue weighted by Crippen LogP contribution is -2.35. The smallest absolute Gasteiger partial charge is 0.115 e. The van der Waals surface area contributed by atoms with E-state index in [4.69, 9.17) is 10.7 Å². The fourth-order valence-electron chi connectivity index (χ4n) is 4.59. The molecule has 2 N–H and O–H groups in total. The molecule has 2 aromatic rings. The number of benzene rings is 1. The Labute approximate surface area is 134 Å². The van der Waals surface area contributed by atoms with Crippen LogP contribution in [-0.4, -0.2) is 15.6 Å². The first-order valence-corrected chi connectivity index (χ1v) is 8.78. The van der Waals surface area contributed by atoms with E-state index in [2.05, 4.69) is 52.5 Å². The summed E-state index contributed by atoms with van der Waals surface area (Å²) in [7, 11) is 0. The predicted molar refractivity (Wildman–Crippen MR) is 89.4 cm³/mol. The normalized spacial score (nSPS) is 31.7. The van der Waals surface area contributed by atoms with Gasteiger partial charge in [-0.3, -0.25) is 0 Å². The number of nitrogens with two attached hydrogens (primary N) is 1. The molecule has 2 saturated carbocycles. The number of halogens is 1. The summed E-state index contributed by atoms with van der Waals surface area (Å²) < 4.78 is 3.50. The van der Waals surface area contributed by atoms with Crippen molar-refractivity contribution < 1.29 is 0 Å². The van der Waals surface area contributed by atoms with Crippen molar-refractivity contribution in [2.45, 2.75) is 51.1 Å². The van der Waals surface area contributed by atoms with Crippen molar-refractivity contribution >= 4 is 27.0 Å². The molecule has 0 amide bonds. The highest BCUT2D eigenvalue weighted by atomic mass is 79.9. The fourth-order valence-corrected chi connectivity index (χ4v) is 4.94. The molecular weight excluding hydrogens is 326 g/mol. The number of rotatable bonds is 2. The summed E-state index contributed by atoms with van der Waals surface area (Å²) in [6, 6.07) is 7.11. The first-order chi connectivity index (χ1) is 10.1. The third-order valence-corrected chi connectivity index (χ3v) is 5.97. The molecule has 0 radical (unpaired) electrons. The Balaban J connectivity index is 1.90. The van der Waals surface area contributed by atoms with Gasteiger partial charge in [0.05, 0.1) is 11.0 Å². The molecule has 112 valence electrons. The Morgan fingerprint density at radius 3 is 2.71 bits per heavy atom. The lowest BCUT2D eigenvalue weighted by Gasteiger charge is -2.29. The molecule has 2 aliphatic rings. The van der Waals surface area contributed by atoms with Crippen LogP contribution >= 0.6 is 15.9 Å². The molecule has 4 heteroatoms. The van der Waals surface area contributed by atoms with E-state index in [0.717, 1.165) is 15.9 Å². The maximum absolute atomic E-state index is 6.55. The molecule has 0 spiro atoms. The summed E-state index contributed by atoms with van der Waals surface area (Å²) in [4.78, 5) is 5.00. The van der Waals surface area contributed by atoms with Gasteiger partial charge in [0.15, 0.2) is 0 Å². The van der Waals surface area contributed by atoms with Gasteiger partial charge in [-0.2, -0.15) is 0 Å². The highest BCUT2D eigenvalue weighted by Gasteiger charge is 2.48. The van der Waals surface area contributed by atoms with E-state index in [1.54, 1.807) is 0 Å². The topological polar surface area (TPSA) is 43.8 Å². The van der Waals surface area contributed by atoms with Gasteiger partial charge >= 0.3 is 0 Å². The van der Waals surface area contributed by atoms with E-state index in [1.165, 1.54) is 30.6 Å². The van der Waals surface area contributed by atoms with Gasteiger partial charge in [-0.15, -0.1) is 0 Å². The van der Waals surface area contributed by atoms with E-state index in [1.807, 2.05) is 0 Å². The van der Waals surface area contributed by atoms with Crippen LogP contribution in [0, 0.1) is 11.8 Å². The number of nitrogens with zero attached hydrogens (tertiary/aromatic N) is 2. The zero-order valence-corrected chi connectivity index (χ0v) is 14.2. The zero-order chi connectivity index (χ0) is 14.7. The molecule has 4 unspecified atom stereocenters. The van der Waals surface area contributed by atoms with Crippen molar-refractivity contribution in [3.05, 3.63) is 28.5 Å². The lowest BCUT2D eigenvalue weighted by molar-refractivity contribution is 0.342. The average Bonchev–Trinajstić information content (AvgIpc) is 3.09. The van der Waals surface area contributed by atoms with Gasteiger partial charge in [0.2, 0.25) is 0 Å². The summed E-state index contributed by atoms with van der Waals surface area (Å²) in [5.74, 6) is 3.12. The van der Waals surface area contributed by atoms with Crippen molar-refractivity contribution in [3.8, 4) is 0 Å². The molecule has 1 aromatic heterocycles. The third kappa shape index (κ3) is 1.99. The van der Waals surface area contributed by atoms with Gasteiger partial charge in [-0.05, 0) is 63.1 Å². The highest BCUT2D eigenvalue weighted by molar-refractivity contribution is 9.10. The van der Waals surface area contributed by atoms with E-state index >= 15 is 0 Å². The van der Waals surface area contributed by atoms with Crippen LogP contribution in [0.5, 0.6) is 0 Å². The number of fused-ring (bicyclic) bond motifs is 3. The highest BCUT2D eigenvalue weighted by Crippen LogP contribution is 2.52. The van der Waals surface area contributed by atoms with Gasteiger partial charge < -0.3 is 10.3 Å². The minimum Gasteiger partial charge on any atom is -0.327 e. The summed E-state index contributed by atoms with van der Waals surface area (Å²) >= 11 is 3.56. The van der Waals surface area contributed by atoms with Crippen LogP contribution in [0.25, 0.3) is 11.0 Å². The van der Waals surface area contributed by atoms with Crippen LogP contribution in [-0.2, 0) is 0 Å². The van der Waals surface area contributed by atoms with Crippen LogP contribution in [0.3, 0.4) is 0 Å². The summed E-state index contributed by atoms with van der Waals surface area (Å²) in [6.07, 6.45) is 3.95. The first kappa shape index (κ1) is 13.8. The minimum absolute atomic E-state index is 0.293. The van der Waals surface area contributed by atoms with Crippen LogP contribution in [0.2, 0.25) is 0 Å². The molecule has 2 fully saturated rings. The van der Waals surface area contributed by atoms with Crippen molar-refractivity contribution in [1.82, 2.24) is 9.55 Å². The summed E-state index contributed by atoms with van der Waals surface area (Å²) in [6.45, 7) is 4.48. The van der Waals surface area contributed by atoms with Crippen molar-refractivity contribution in [3.63, 3.8) is 0 Å². The second-order valence-electron chi connectivity index (χ2n) is 7.00. The summed E-state index contributed by atoms with van der Waals surface area (Å²) in [5.41, 5.74) is 8.87. The quantitative estimate of drug-likeness (QED) is 0.883. The molecule has 1 heterocycles. The third-order valence-electron chi connectivity index (χ3n) is 5.47. The Morgan fingerprint density at radius 2 is 2.05 bits per heavy atom. The molecule has 4 rings (SSSR count). The van der Waals surface area contributed by atoms with Crippen LogP contribution in [0.4, 0.5) is 0 Å². The van der Waals surface area contributed by atoms with Gasteiger partial charge in [0.1, 0.15) is 5.82 Å². The Morgan fingerprint density at radius 1 is 1.29 bits per heavy atom. The molecule has 1 aromatic carbocycles. The number of imidazole rings is 1. The Hall–Kier alpha value is -0.870. The maximum atomic E-state index is 6.55. The molecule has 0 aliphatic heterocycles. The molecule has 2 bridgehead atoms. The van der Waals surface area contributed by atoms with Gasteiger partial charge in [-0.1, -0.05) is 15.9 Å². The first-order valence-electron chi connectivity index (χ1n) is 7.99. The molecule has 21 heavy (non-hydrogen) atoms. The van der Waals surface area contributed by atoms with Crippen LogP contribution in [0.1, 0.15) is 50.9 Å². The predicted octanol–water partition coefficient (Wildman–Crippen LogP) is 4.22. The Kier molecular flexibility index (Phi) is 3.16. The number of aromatic nitrogens is 2.